The molecule has 2 rings (SSSR count). The maximum atomic E-state index is 6.10. The van der Waals surface area contributed by atoms with Crippen molar-refractivity contribution >= 4 is 0 Å². The van der Waals surface area contributed by atoms with E-state index >= 15 is 0 Å². The molecule has 0 aromatic carbocycles. The Morgan fingerprint density at radius 3 is 2.94 bits per heavy atom. The van der Waals surface area contributed by atoms with Crippen LogP contribution in [0.25, 0.3) is 11.6 Å². The van der Waals surface area contributed by atoms with Gasteiger partial charge in [-0.2, -0.15) is 20.4 Å². The lowest BCUT2D eigenvalue weighted by Crippen LogP contribution is -2.40. The molecule has 0 bridgehead atoms. The molecule has 1 unspecified atom stereocenters. The maximum absolute atomic E-state index is 6.10. The zero-order valence-electron chi connectivity index (χ0n) is 10.5. The number of nitrogens with zero attached hydrogens (tertiary/aromatic N) is 4. The van der Waals surface area contributed by atoms with Crippen LogP contribution in [0.3, 0.4) is 0 Å². The van der Waals surface area contributed by atoms with Crippen LogP contribution in [0.15, 0.2) is 10.7 Å². The van der Waals surface area contributed by atoms with E-state index in [2.05, 4.69) is 25.6 Å². The molecule has 2 aromatic rings. The van der Waals surface area contributed by atoms with E-state index in [1.165, 1.54) is 6.20 Å². The first-order valence-electron chi connectivity index (χ1n) is 5.60. The van der Waals surface area contributed by atoms with Gasteiger partial charge in [0.2, 0.25) is 0 Å². The second kappa shape index (κ2) is 4.83. The van der Waals surface area contributed by atoms with Gasteiger partial charge >= 0.3 is 0 Å². The van der Waals surface area contributed by atoms with Crippen LogP contribution in [0.5, 0.6) is 0 Å². The fourth-order valence-electron chi connectivity index (χ4n) is 1.27. The highest BCUT2D eigenvalue weighted by atomic mass is 16.5. The van der Waals surface area contributed by atoms with E-state index < -0.39 is 5.54 Å². The molecular weight excluding hydrogens is 236 g/mol. The van der Waals surface area contributed by atoms with E-state index in [-0.39, 0.29) is 12.0 Å². The van der Waals surface area contributed by atoms with Gasteiger partial charge in [0.25, 0.3) is 5.89 Å². The van der Waals surface area contributed by atoms with Gasteiger partial charge in [0.1, 0.15) is 5.54 Å². The molecule has 0 radical (unpaired) electrons. The summed E-state index contributed by atoms with van der Waals surface area (Å²) < 4.78 is 10.6. The molecule has 98 valence electrons. The molecule has 2 heterocycles. The highest BCUT2D eigenvalue weighted by molar-refractivity contribution is 5.43. The molecule has 8 nitrogen and oxygen atoms in total. The molecule has 1 atom stereocenters. The average Bonchev–Trinajstić information content (AvgIpc) is 2.96. The molecule has 0 aliphatic rings. The predicted octanol–water partition coefficient (Wildman–Crippen LogP) is 0.454. The maximum Gasteiger partial charge on any atom is 0.280 e. The second-order valence-corrected chi connectivity index (χ2v) is 4.56. The van der Waals surface area contributed by atoms with Crippen LogP contribution in [-0.2, 0) is 10.3 Å². The van der Waals surface area contributed by atoms with Crippen molar-refractivity contribution in [1.29, 1.82) is 0 Å². The first-order chi connectivity index (χ1) is 8.49. The Morgan fingerprint density at radius 2 is 2.33 bits per heavy atom. The van der Waals surface area contributed by atoms with Crippen molar-refractivity contribution in [3.05, 3.63) is 12.0 Å². The van der Waals surface area contributed by atoms with Crippen molar-refractivity contribution in [1.82, 2.24) is 25.6 Å². The topological polar surface area (TPSA) is 116 Å². The first kappa shape index (κ1) is 12.7. The lowest BCUT2D eigenvalue weighted by Gasteiger charge is -2.21. The molecule has 0 spiro atoms. The monoisotopic (exact) mass is 252 g/mol. The van der Waals surface area contributed by atoms with Gasteiger partial charge in [-0.25, -0.2) is 0 Å². The molecule has 18 heavy (non-hydrogen) atoms. The Bertz CT molecular complexity index is 490. The minimum absolute atomic E-state index is 0.0924. The molecule has 2 aromatic heterocycles. The van der Waals surface area contributed by atoms with Gasteiger partial charge in [0.05, 0.1) is 18.9 Å². The molecule has 0 saturated heterocycles. The third-order valence-electron chi connectivity index (χ3n) is 2.29. The van der Waals surface area contributed by atoms with Crippen molar-refractivity contribution in [2.24, 2.45) is 5.73 Å². The summed E-state index contributed by atoms with van der Waals surface area (Å²) in [5.41, 5.74) is 5.77. The Hall–Kier alpha value is -1.80. The van der Waals surface area contributed by atoms with Crippen molar-refractivity contribution < 1.29 is 9.26 Å². The molecule has 0 saturated carbocycles. The molecule has 3 N–H and O–H groups in total. The largest absolute Gasteiger partial charge is 0.376 e. The fourth-order valence-corrected chi connectivity index (χ4v) is 1.27. The van der Waals surface area contributed by atoms with E-state index in [1.54, 1.807) is 6.92 Å². The summed E-state index contributed by atoms with van der Waals surface area (Å²) in [5.74, 6) is 0.654. The van der Waals surface area contributed by atoms with Crippen LogP contribution in [0.4, 0.5) is 0 Å². The number of H-pyrrole nitrogens is 1. The van der Waals surface area contributed by atoms with Gasteiger partial charge in [-0.1, -0.05) is 5.16 Å². The van der Waals surface area contributed by atoms with E-state index in [9.17, 15) is 0 Å². The Morgan fingerprint density at radius 1 is 1.56 bits per heavy atom. The van der Waals surface area contributed by atoms with Crippen molar-refractivity contribution in [3.8, 4) is 11.6 Å². The van der Waals surface area contributed by atoms with Gasteiger partial charge in [-0.15, -0.1) is 0 Å². The van der Waals surface area contributed by atoms with Gasteiger partial charge < -0.3 is 15.0 Å². The lowest BCUT2D eigenvalue weighted by molar-refractivity contribution is 0.0410. The third kappa shape index (κ3) is 2.71. The second-order valence-electron chi connectivity index (χ2n) is 4.56. The number of ether oxygens (including phenoxy) is 1. The van der Waals surface area contributed by atoms with E-state index in [4.69, 9.17) is 15.0 Å². The fraction of sp³-hybridized carbons (Fsp3) is 0.600. The Labute approximate surface area is 104 Å². The van der Waals surface area contributed by atoms with Crippen LogP contribution in [0.1, 0.15) is 26.6 Å². The first-order valence-corrected chi connectivity index (χ1v) is 5.60. The van der Waals surface area contributed by atoms with Gasteiger partial charge in [-0.05, 0) is 20.8 Å². The molecule has 0 aliphatic heterocycles. The third-order valence-corrected chi connectivity index (χ3v) is 2.29. The predicted molar refractivity (Wildman–Crippen MR) is 62.3 cm³/mol. The smallest absolute Gasteiger partial charge is 0.280 e. The van der Waals surface area contributed by atoms with Crippen LogP contribution >= 0.6 is 0 Å². The minimum Gasteiger partial charge on any atom is -0.376 e. The summed E-state index contributed by atoms with van der Waals surface area (Å²) in [6, 6.07) is 0. The summed E-state index contributed by atoms with van der Waals surface area (Å²) in [6.07, 6.45) is 1.59. The van der Waals surface area contributed by atoms with Gasteiger partial charge in [0, 0.05) is 0 Å². The number of nitrogens with two attached hydrogens (primary N) is 1. The van der Waals surface area contributed by atoms with Crippen molar-refractivity contribution in [2.45, 2.75) is 32.4 Å². The summed E-state index contributed by atoms with van der Waals surface area (Å²) in [7, 11) is 0. The number of nitrogens with one attached hydrogen (secondary N) is 1. The van der Waals surface area contributed by atoms with Crippen LogP contribution in [-0.4, -0.2) is 38.3 Å². The van der Waals surface area contributed by atoms with Crippen LogP contribution in [0.2, 0.25) is 0 Å². The number of hydrogen-bond donors (Lipinski definition) is 2. The van der Waals surface area contributed by atoms with Crippen molar-refractivity contribution in [2.75, 3.05) is 6.61 Å². The van der Waals surface area contributed by atoms with Crippen molar-refractivity contribution in [3.63, 3.8) is 0 Å². The molecule has 0 fully saturated rings. The Balaban J connectivity index is 2.14. The highest BCUT2D eigenvalue weighted by Crippen LogP contribution is 2.19. The summed E-state index contributed by atoms with van der Waals surface area (Å²) in [6.45, 7) is 5.97. The number of rotatable bonds is 5. The van der Waals surface area contributed by atoms with Gasteiger partial charge in [-0.3, -0.25) is 0 Å². The van der Waals surface area contributed by atoms with E-state index in [0.29, 0.717) is 18.1 Å². The van der Waals surface area contributed by atoms with E-state index in [0.717, 1.165) is 0 Å². The molecular formula is C10H16N6O2. The SMILES string of the molecule is CC(C)OCC(C)(N)c1noc(-c2cn[nH]n2)n1. The molecule has 0 amide bonds. The summed E-state index contributed by atoms with van der Waals surface area (Å²) in [5, 5.41) is 13.8. The normalized spacial score (nSPS) is 14.9. The van der Waals surface area contributed by atoms with Crippen LogP contribution < -0.4 is 5.73 Å². The molecule has 0 aliphatic carbocycles. The van der Waals surface area contributed by atoms with Gasteiger partial charge in [0.15, 0.2) is 11.5 Å². The average molecular weight is 252 g/mol. The zero-order valence-corrected chi connectivity index (χ0v) is 10.5. The highest BCUT2D eigenvalue weighted by Gasteiger charge is 2.29. The van der Waals surface area contributed by atoms with Crippen LogP contribution in [0, 0.1) is 0 Å². The van der Waals surface area contributed by atoms with E-state index in [1.807, 2.05) is 13.8 Å². The quantitative estimate of drug-likeness (QED) is 0.793. The summed E-state index contributed by atoms with van der Waals surface area (Å²) in [4.78, 5) is 4.20. The lowest BCUT2D eigenvalue weighted by atomic mass is 10.1. The number of aromatic nitrogens is 5. The Kier molecular flexibility index (Phi) is 3.39. The molecule has 8 heteroatoms. The number of aromatic amines is 1. The minimum atomic E-state index is -0.810. The standard InChI is InChI=1S/C10H16N6O2/c1-6(2)17-5-10(3,11)9-13-8(18-15-9)7-4-12-16-14-7/h4,6H,5,11H2,1-3H3,(H,12,14,16). The summed E-state index contributed by atoms with van der Waals surface area (Å²) >= 11 is 0. The number of hydrogen-bond acceptors (Lipinski definition) is 7. The zero-order chi connectivity index (χ0) is 13.2.